The Hall–Kier alpha value is -1.57. The maximum Gasteiger partial charge on any atom is 0.330 e. The topological polar surface area (TPSA) is 37.3 Å². The third-order valence-electron chi connectivity index (χ3n) is 2.23. The lowest BCUT2D eigenvalue weighted by Gasteiger charge is -2.01. The maximum atomic E-state index is 10.5. The maximum absolute atomic E-state index is 10.5. The highest BCUT2D eigenvalue weighted by Gasteiger charge is 1.99. The Morgan fingerprint density at radius 3 is 2.64 bits per heavy atom. The lowest BCUT2D eigenvalue weighted by atomic mass is 10.0. The molecule has 0 radical (unpaired) electrons. The molecule has 0 heterocycles. The molecule has 1 N–H and O–H groups in total. The Morgan fingerprint density at radius 2 is 2.07 bits per heavy atom. The number of allylic oxidation sites excluding steroid dienone is 1. The van der Waals surface area contributed by atoms with Crippen LogP contribution in [-0.2, 0) is 11.2 Å². The molecule has 2 nitrogen and oxygen atoms in total. The zero-order chi connectivity index (χ0) is 10.6. The van der Waals surface area contributed by atoms with Crippen molar-refractivity contribution in [3.8, 4) is 0 Å². The van der Waals surface area contributed by atoms with Gasteiger partial charge in [0, 0.05) is 5.57 Å². The van der Waals surface area contributed by atoms with Gasteiger partial charge in [0.2, 0.25) is 0 Å². The van der Waals surface area contributed by atoms with E-state index < -0.39 is 5.97 Å². The second-order valence-corrected chi connectivity index (χ2v) is 3.32. The monoisotopic (exact) mass is 190 g/mol. The van der Waals surface area contributed by atoms with Crippen LogP contribution in [0.1, 0.15) is 18.1 Å². The number of hydrogen-bond acceptors (Lipinski definition) is 1. The molecule has 0 aromatic heterocycles. The first-order valence-corrected chi connectivity index (χ1v) is 4.56. The smallest absolute Gasteiger partial charge is 0.330 e. The number of aryl methyl sites for hydroxylation is 1. The van der Waals surface area contributed by atoms with E-state index in [0.717, 1.165) is 0 Å². The molecule has 0 saturated heterocycles. The summed E-state index contributed by atoms with van der Waals surface area (Å²) >= 11 is 0. The minimum absolute atomic E-state index is 0.397. The third-order valence-corrected chi connectivity index (χ3v) is 2.23. The summed E-state index contributed by atoms with van der Waals surface area (Å²) in [4.78, 5) is 10.5. The first kappa shape index (κ1) is 10.5. The lowest BCUT2D eigenvalue weighted by Crippen LogP contribution is -1.97. The van der Waals surface area contributed by atoms with Gasteiger partial charge in [0.15, 0.2) is 0 Å². The van der Waals surface area contributed by atoms with Crippen LogP contribution < -0.4 is 0 Å². The molecule has 0 unspecified atom stereocenters. The summed E-state index contributed by atoms with van der Waals surface area (Å²) in [6, 6.07) is 7.99. The predicted octanol–water partition coefficient (Wildman–Crippen LogP) is 2.57. The Bertz CT molecular complexity index is 364. The molecule has 0 aliphatic carbocycles. The molecule has 2 heteroatoms. The highest BCUT2D eigenvalue weighted by Crippen LogP contribution is 2.09. The van der Waals surface area contributed by atoms with Gasteiger partial charge in [-0.1, -0.05) is 30.3 Å². The zero-order valence-corrected chi connectivity index (χ0v) is 8.45. The standard InChI is InChI=1S/C12H14O2/c1-9-5-3-4-6-11(9)8-7-10(2)12(13)14/h3-7H,8H2,1-2H3,(H,13,14). The van der Waals surface area contributed by atoms with Crippen molar-refractivity contribution < 1.29 is 9.90 Å². The van der Waals surface area contributed by atoms with Crippen molar-refractivity contribution in [1.29, 1.82) is 0 Å². The molecule has 0 aliphatic rings. The van der Waals surface area contributed by atoms with E-state index >= 15 is 0 Å². The van der Waals surface area contributed by atoms with Crippen LogP contribution in [0.5, 0.6) is 0 Å². The second-order valence-electron chi connectivity index (χ2n) is 3.32. The van der Waals surface area contributed by atoms with Crippen LogP contribution >= 0.6 is 0 Å². The Labute approximate surface area is 83.9 Å². The molecular weight excluding hydrogens is 176 g/mol. The summed E-state index contributed by atoms with van der Waals surface area (Å²) in [6.45, 7) is 3.64. The Balaban J connectivity index is 2.76. The van der Waals surface area contributed by atoms with Gasteiger partial charge in [0.25, 0.3) is 0 Å². The van der Waals surface area contributed by atoms with Crippen LogP contribution in [0.25, 0.3) is 0 Å². The number of aliphatic carboxylic acids is 1. The van der Waals surface area contributed by atoms with Crippen molar-refractivity contribution in [2.45, 2.75) is 20.3 Å². The number of carboxylic acids is 1. The molecular formula is C12H14O2. The fourth-order valence-corrected chi connectivity index (χ4v) is 1.19. The van der Waals surface area contributed by atoms with E-state index in [4.69, 9.17) is 5.11 Å². The van der Waals surface area contributed by atoms with Gasteiger partial charge < -0.3 is 5.11 Å². The molecule has 74 valence electrons. The van der Waals surface area contributed by atoms with Crippen LogP contribution in [0.3, 0.4) is 0 Å². The molecule has 0 fully saturated rings. The minimum Gasteiger partial charge on any atom is -0.478 e. The van der Waals surface area contributed by atoms with Crippen molar-refractivity contribution in [2.24, 2.45) is 0 Å². The van der Waals surface area contributed by atoms with Crippen LogP contribution in [0.2, 0.25) is 0 Å². The average molecular weight is 190 g/mol. The summed E-state index contributed by atoms with van der Waals surface area (Å²) in [6.07, 6.45) is 2.43. The molecule has 14 heavy (non-hydrogen) atoms. The number of carbonyl (C=O) groups is 1. The van der Waals surface area contributed by atoms with Crippen molar-refractivity contribution in [3.05, 3.63) is 47.0 Å². The summed E-state index contributed by atoms with van der Waals surface area (Å²) in [5.41, 5.74) is 2.77. The molecule has 1 aromatic rings. The van der Waals surface area contributed by atoms with E-state index in [1.54, 1.807) is 13.0 Å². The quantitative estimate of drug-likeness (QED) is 0.744. The fraction of sp³-hybridized carbons (Fsp3) is 0.250. The van der Waals surface area contributed by atoms with Crippen LogP contribution in [0.15, 0.2) is 35.9 Å². The van der Waals surface area contributed by atoms with E-state index in [1.807, 2.05) is 31.2 Å². The van der Waals surface area contributed by atoms with Crippen LogP contribution in [0, 0.1) is 6.92 Å². The molecule has 0 bridgehead atoms. The van der Waals surface area contributed by atoms with E-state index in [9.17, 15) is 4.79 Å². The van der Waals surface area contributed by atoms with Gasteiger partial charge in [-0.25, -0.2) is 4.79 Å². The normalized spacial score (nSPS) is 11.4. The van der Waals surface area contributed by atoms with Gasteiger partial charge in [-0.2, -0.15) is 0 Å². The third kappa shape index (κ3) is 2.73. The fourth-order valence-electron chi connectivity index (χ4n) is 1.19. The minimum atomic E-state index is -0.849. The Kier molecular flexibility index (Phi) is 3.46. The van der Waals surface area contributed by atoms with Crippen LogP contribution in [0.4, 0.5) is 0 Å². The SMILES string of the molecule is CC(=CCc1ccccc1C)C(=O)O. The second kappa shape index (κ2) is 4.61. The molecule has 0 spiro atoms. The summed E-state index contributed by atoms with van der Waals surface area (Å²) in [5.74, 6) is -0.849. The van der Waals surface area contributed by atoms with Crippen LogP contribution in [-0.4, -0.2) is 11.1 Å². The van der Waals surface area contributed by atoms with Gasteiger partial charge in [-0.05, 0) is 31.4 Å². The van der Waals surface area contributed by atoms with E-state index in [2.05, 4.69) is 0 Å². The van der Waals surface area contributed by atoms with Crippen molar-refractivity contribution in [1.82, 2.24) is 0 Å². The largest absolute Gasteiger partial charge is 0.478 e. The number of benzene rings is 1. The first-order chi connectivity index (χ1) is 6.61. The molecule has 0 saturated carbocycles. The van der Waals surface area contributed by atoms with Gasteiger partial charge in [0.1, 0.15) is 0 Å². The van der Waals surface area contributed by atoms with Gasteiger partial charge in [-0.3, -0.25) is 0 Å². The van der Waals surface area contributed by atoms with Crippen molar-refractivity contribution in [2.75, 3.05) is 0 Å². The highest BCUT2D eigenvalue weighted by molar-refractivity contribution is 5.85. The summed E-state index contributed by atoms with van der Waals surface area (Å²) in [5, 5.41) is 8.66. The summed E-state index contributed by atoms with van der Waals surface area (Å²) in [7, 11) is 0. The Morgan fingerprint density at radius 1 is 1.43 bits per heavy atom. The first-order valence-electron chi connectivity index (χ1n) is 4.56. The van der Waals surface area contributed by atoms with E-state index in [0.29, 0.717) is 12.0 Å². The van der Waals surface area contributed by atoms with Crippen molar-refractivity contribution >= 4 is 5.97 Å². The molecule has 1 aromatic carbocycles. The molecule has 0 aliphatic heterocycles. The van der Waals surface area contributed by atoms with Gasteiger partial charge in [0.05, 0.1) is 0 Å². The molecule has 1 rings (SSSR count). The molecule has 0 atom stereocenters. The highest BCUT2D eigenvalue weighted by atomic mass is 16.4. The van der Waals surface area contributed by atoms with E-state index in [1.165, 1.54) is 11.1 Å². The van der Waals surface area contributed by atoms with Crippen molar-refractivity contribution in [3.63, 3.8) is 0 Å². The number of carboxylic acid groups (broad SMARTS) is 1. The number of hydrogen-bond donors (Lipinski definition) is 1. The average Bonchev–Trinajstić information content (AvgIpc) is 2.16. The van der Waals surface area contributed by atoms with Gasteiger partial charge in [-0.15, -0.1) is 0 Å². The molecule has 0 amide bonds. The summed E-state index contributed by atoms with van der Waals surface area (Å²) < 4.78 is 0. The zero-order valence-electron chi connectivity index (χ0n) is 8.45. The lowest BCUT2D eigenvalue weighted by molar-refractivity contribution is -0.132. The predicted molar refractivity (Wildman–Crippen MR) is 56.3 cm³/mol. The number of rotatable bonds is 3. The van der Waals surface area contributed by atoms with Gasteiger partial charge >= 0.3 is 5.97 Å². The van der Waals surface area contributed by atoms with E-state index in [-0.39, 0.29) is 0 Å².